The van der Waals surface area contributed by atoms with Crippen molar-refractivity contribution in [3.8, 4) is 0 Å². The molecule has 2 N–H and O–H groups in total. The maximum atomic E-state index is 11.7. The van der Waals surface area contributed by atoms with E-state index < -0.39 is 36.4 Å². The Balaban J connectivity index is 1.50. The summed E-state index contributed by atoms with van der Waals surface area (Å²) < 4.78 is 23.5. The molecule has 0 aromatic heterocycles. The molecule has 2 heterocycles. The average molecular weight is 401 g/mol. The molecule has 0 spiro atoms. The van der Waals surface area contributed by atoms with E-state index in [9.17, 15) is 9.90 Å². The molecule has 7 heteroatoms. The van der Waals surface area contributed by atoms with E-state index in [0.717, 1.165) is 16.3 Å². The van der Waals surface area contributed by atoms with E-state index in [-0.39, 0.29) is 19.1 Å². The Hall–Kier alpha value is -2.03. The molecule has 2 aromatic carbocycles. The van der Waals surface area contributed by atoms with E-state index in [4.69, 9.17) is 18.9 Å². The second kappa shape index (κ2) is 8.01. The second-order valence-electron chi connectivity index (χ2n) is 8.05. The van der Waals surface area contributed by atoms with Crippen LogP contribution in [-0.2, 0) is 30.3 Å². The number of aliphatic hydroxyl groups excluding tert-OH is 1. The number of fused-ring (bicyclic) bond motifs is 2. The topological polar surface area (TPSA) is 86.3 Å². The Morgan fingerprint density at radius 1 is 1.24 bits per heavy atom. The van der Waals surface area contributed by atoms with Gasteiger partial charge in [0.1, 0.15) is 24.4 Å². The Bertz CT molecular complexity index is 884. The lowest BCUT2D eigenvalue weighted by Crippen LogP contribution is -2.68. The molecule has 2 aromatic rings. The number of carbonyl (C=O) groups excluding carboxylic acids is 1. The van der Waals surface area contributed by atoms with Crippen molar-refractivity contribution in [3.05, 3.63) is 48.0 Å². The SMILES string of the molecule is CC(=O)N[C@@H]1[C@H](OCc2ccc3ccccc3c2)O[C@@H]2COC(C)(C)O[C@H]2[C@@H]1O. The number of rotatable bonds is 4. The molecule has 29 heavy (non-hydrogen) atoms. The number of hydrogen-bond acceptors (Lipinski definition) is 6. The van der Waals surface area contributed by atoms with Crippen LogP contribution in [0.5, 0.6) is 0 Å². The summed E-state index contributed by atoms with van der Waals surface area (Å²) >= 11 is 0. The summed E-state index contributed by atoms with van der Waals surface area (Å²) in [7, 11) is 0. The molecule has 156 valence electrons. The van der Waals surface area contributed by atoms with Crippen molar-refractivity contribution in [1.82, 2.24) is 5.32 Å². The molecule has 7 nitrogen and oxygen atoms in total. The molecule has 4 rings (SSSR count). The highest BCUT2D eigenvalue weighted by molar-refractivity contribution is 5.82. The van der Waals surface area contributed by atoms with Crippen molar-refractivity contribution in [2.45, 2.75) is 63.8 Å². The fourth-order valence-corrected chi connectivity index (χ4v) is 3.88. The van der Waals surface area contributed by atoms with E-state index in [2.05, 4.69) is 17.4 Å². The smallest absolute Gasteiger partial charge is 0.217 e. The monoisotopic (exact) mass is 401 g/mol. The lowest BCUT2D eigenvalue weighted by Gasteiger charge is -2.49. The van der Waals surface area contributed by atoms with E-state index in [1.165, 1.54) is 6.92 Å². The molecule has 1 amide bonds. The van der Waals surface area contributed by atoms with Gasteiger partial charge >= 0.3 is 0 Å². The average Bonchev–Trinajstić information content (AvgIpc) is 2.68. The van der Waals surface area contributed by atoms with Crippen LogP contribution in [0.2, 0.25) is 0 Å². The molecule has 5 atom stereocenters. The highest BCUT2D eigenvalue weighted by Gasteiger charge is 2.51. The van der Waals surface area contributed by atoms with Crippen LogP contribution in [0.3, 0.4) is 0 Å². The highest BCUT2D eigenvalue weighted by atomic mass is 16.8. The lowest BCUT2D eigenvalue weighted by atomic mass is 9.95. The van der Waals surface area contributed by atoms with Gasteiger partial charge in [0.25, 0.3) is 0 Å². The highest BCUT2D eigenvalue weighted by Crippen LogP contribution is 2.33. The number of carbonyl (C=O) groups is 1. The van der Waals surface area contributed by atoms with Crippen LogP contribution in [0.4, 0.5) is 0 Å². The Kier molecular flexibility index (Phi) is 5.59. The molecule has 2 aliphatic heterocycles. The number of amides is 1. The van der Waals surface area contributed by atoms with Crippen LogP contribution in [0.1, 0.15) is 26.3 Å². The van der Waals surface area contributed by atoms with Gasteiger partial charge in [0.15, 0.2) is 12.1 Å². The molecule has 0 radical (unpaired) electrons. The zero-order valence-corrected chi connectivity index (χ0v) is 16.8. The molecule has 2 saturated heterocycles. The Labute approximate surface area is 169 Å². The van der Waals surface area contributed by atoms with Gasteiger partial charge in [-0.05, 0) is 36.2 Å². The quantitative estimate of drug-likeness (QED) is 0.816. The van der Waals surface area contributed by atoms with Crippen molar-refractivity contribution in [2.24, 2.45) is 0 Å². The number of ether oxygens (including phenoxy) is 4. The molecule has 0 aliphatic carbocycles. The predicted molar refractivity (Wildman–Crippen MR) is 106 cm³/mol. The minimum absolute atomic E-state index is 0.275. The van der Waals surface area contributed by atoms with E-state index in [0.29, 0.717) is 0 Å². The van der Waals surface area contributed by atoms with Gasteiger partial charge in [-0.3, -0.25) is 4.79 Å². The van der Waals surface area contributed by atoms with Crippen molar-refractivity contribution in [2.75, 3.05) is 6.61 Å². The summed E-state index contributed by atoms with van der Waals surface area (Å²) in [6.07, 6.45) is -2.90. The number of hydrogen-bond donors (Lipinski definition) is 2. The van der Waals surface area contributed by atoms with Crippen LogP contribution in [-0.4, -0.2) is 54.1 Å². The van der Waals surface area contributed by atoms with Crippen LogP contribution in [0.25, 0.3) is 10.8 Å². The van der Waals surface area contributed by atoms with Gasteiger partial charge in [0.05, 0.1) is 13.2 Å². The molecular weight excluding hydrogens is 374 g/mol. The summed E-state index contributed by atoms with van der Waals surface area (Å²) in [5.41, 5.74) is 0.975. The predicted octanol–water partition coefficient (Wildman–Crippen LogP) is 2.10. The van der Waals surface area contributed by atoms with E-state index >= 15 is 0 Å². The van der Waals surface area contributed by atoms with Gasteiger partial charge in [-0.2, -0.15) is 0 Å². The maximum absolute atomic E-state index is 11.7. The van der Waals surface area contributed by atoms with Gasteiger partial charge < -0.3 is 29.4 Å². The largest absolute Gasteiger partial charge is 0.388 e. The van der Waals surface area contributed by atoms with E-state index in [1.807, 2.05) is 30.3 Å². The van der Waals surface area contributed by atoms with Crippen molar-refractivity contribution in [3.63, 3.8) is 0 Å². The summed E-state index contributed by atoms with van der Waals surface area (Å²) in [5, 5.41) is 15.9. The molecule has 0 unspecified atom stereocenters. The van der Waals surface area contributed by atoms with E-state index in [1.54, 1.807) is 13.8 Å². The van der Waals surface area contributed by atoms with Gasteiger partial charge in [0, 0.05) is 6.92 Å². The zero-order chi connectivity index (χ0) is 20.6. The summed E-state index contributed by atoms with van der Waals surface area (Å²) in [5.74, 6) is -1.10. The first-order valence-corrected chi connectivity index (χ1v) is 9.84. The van der Waals surface area contributed by atoms with Gasteiger partial charge in [-0.15, -0.1) is 0 Å². The number of nitrogens with one attached hydrogen (secondary N) is 1. The van der Waals surface area contributed by atoms with Gasteiger partial charge in [0.2, 0.25) is 5.91 Å². The fourth-order valence-electron chi connectivity index (χ4n) is 3.88. The third kappa shape index (κ3) is 4.44. The third-order valence-electron chi connectivity index (χ3n) is 5.29. The van der Waals surface area contributed by atoms with Crippen molar-refractivity contribution < 1.29 is 28.8 Å². The summed E-state index contributed by atoms with van der Waals surface area (Å²) in [4.78, 5) is 11.7. The fraction of sp³-hybridized carbons (Fsp3) is 0.500. The summed E-state index contributed by atoms with van der Waals surface area (Å²) in [6.45, 7) is 5.52. The van der Waals surface area contributed by atoms with Crippen LogP contribution >= 0.6 is 0 Å². The number of aliphatic hydroxyl groups is 1. The molecule has 2 aliphatic rings. The Morgan fingerprint density at radius 2 is 2.00 bits per heavy atom. The number of benzene rings is 2. The molecule has 0 saturated carbocycles. The molecular formula is C22H27NO6. The Morgan fingerprint density at radius 3 is 2.76 bits per heavy atom. The first-order chi connectivity index (χ1) is 13.8. The summed E-state index contributed by atoms with van der Waals surface area (Å²) in [6, 6.07) is 13.4. The van der Waals surface area contributed by atoms with Crippen molar-refractivity contribution >= 4 is 16.7 Å². The zero-order valence-electron chi connectivity index (χ0n) is 16.8. The normalized spacial score (nSPS) is 31.2. The van der Waals surface area contributed by atoms with Crippen LogP contribution < -0.4 is 5.32 Å². The molecule has 2 fully saturated rings. The second-order valence-corrected chi connectivity index (χ2v) is 8.05. The standard InChI is InChI=1S/C22H27NO6/c1-13(24)23-18-19(25)20-17(12-27-22(2,3)29-20)28-21(18)26-11-14-8-9-15-6-4-5-7-16(15)10-14/h4-10,17-21,25H,11-12H2,1-3H3,(H,23,24)/t17-,18+,19-,20-,21-/m1/s1. The first-order valence-electron chi connectivity index (χ1n) is 9.84. The van der Waals surface area contributed by atoms with Crippen molar-refractivity contribution in [1.29, 1.82) is 0 Å². The minimum Gasteiger partial charge on any atom is -0.388 e. The lowest BCUT2D eigenvalue weighted by molar-refractivity contribution is -0.369. The van der Waals surface area contributed by atoms with Crippen LogP contribution in [0, 0.1) is 0 Å². The first kappa shape index (κ1) is 20.3. The third-order valence-corrected chi connectivity index (χ3v) is 5.29. The minimum atomic E-state index is -0.984. The van der Waals surface area contributed by atoms with Crippen LogP contribution in [0.15, 0.2) is 42.5 Å². The maximum Gasteiger partial charge on any atom is 0.217 e. The molecule has 0 bridgehead atoms. The van der Waals surface area contributed by atoms with Gasteiger partial charge in [-0.25, -0.2) is 0 Å². The van der Waals surface area contributed by atoms with Gasteiger partial charge in [-0.1, -0.05) is 36.4 Å².